The van der Waals surface area contributed by atoms with Crippen molar-refractivity contribution in [2.45, 2.75) is 50.8 Å². The maximum atomic E-state index is 11.8. The molecule has 3 rings (SSSR count). The molecule has 1 aromatic carbocycles. The number of benzene rings is 1. The van der Waals surface area contributed by atoms with Crippen molar-refractivity contribution in [3.8, 4) is 0 Å². The van der Waals surface area contributed by atoms with Gasteiger partial charge >= 0.3 is 5.97 Å². The van der Waals surface area contributed by atoms with E-state index in [1.807, 2.05) is 30.3 Å². The summed E-state index contributed by atoms with van der Waals surface area (Å²) in [6.07, 6.45) is -1.86. The smallest absolute Gasteiger partial charge is 0.303 e. The summed E-state index contributed by atoms with van der Waals surface area (Å²) >= 11 is 0. The Labute approximate surface area is 163 Å². The number of esters is 1. The lowest BCUT2D eigenvalue weighted by Crippen LogP contribution is -2.67. The first-order valence-corrected chi connectivity index (χ1v) is 9.14. The number of fused-ring (bicyclic) bond motifs is 1. The van der Waals surface area contributed by atoms with Gasteiger partial charge in [0, 0.05) is 19.4 Å². The van der Waals surface area contributed by atoms with Crippen LogP contribution in [0.5, 0.6) is 0 Å². The molecular weight excluding hydrogens is 366 g/mol. The molecule has 0 radical (unpaired) electrons. The Morgan fingerprint density at radius 1 is 1.25 bits per heavy atom. The largest absolute Gasteiger partial charge is 0.457 e. The topological polar surface area (TPSA) is 92.3 Å². The first-order chi connectivity index (χ1) is 13.5. The first-order valence-electron chi connectivity index (χ1n) is 9.14. The van der Waals surface area contributed by atoms with Crippen molar-refractivity contribution in [3.05, 3.63) is 48.6 Å². The summed E-state index contributed by atoms with van der Waals surface area (Å²) in [6, 6.07) is 8.70. The molecule has 0 bridgehead atoms. The fourth-order valence-electron chi connectivity index (χ4n) is 3.38. The van der Waals surface area contributed by atoms with Crippen molar-refractivity contribution in [1.82, 2.24) is 5.32 Å². The fraction of sp³-hybridized carbons (Fsp3) is 0.500. The Balaban J connectivity index is 1.86. The van der Waals surface area contributed by atoms with E-state index in [1.165, 1.54) is 13.8 Å². The molecule has 0 aliphatic carbocycles. The number of hydrogen-bond donors (Lipinski definition) is 1. The molecule has 1 amide bonds. The van der Waals surface area contributed by atoms with Crippen LogP contribution in [0.2, 0.25) is 0 Å². The standard InChI is InChI=1S/C20H25NO7/c1-4-10-24-20-16(21-12(2)22)18(26-13(3)23)17-15(27-20)11-25-19(28-17)14-8-6-5-7-9-14/h4-9,15-20H,1,10-11H2,2-3H3,(H,21,22)/t15-,16-,17-,18-,19-,20+/m1/s1. The Hall–Kier alpha value is -2.26. The third-order valence-corrected chi connectivity index (χ3v) is 4.46. The summed E-state index contributed by atoms with van der Waals surface area (Å²) in [5.41, 5.74) is 0.837. The molecule has 152 valence electrons. The van der Waals surface area contributed by atoms with Gasteiger partial charge in [-0.15, -0.1) is 6.58 Å². The molecule has 2 aliphatic heterocycles. The number of nitrogens with one attached hydrogen (secondary N) is 1. The van der Waals surface area contributed by atoms with E-state index >= 15 is 0 Å². The molecule has 1 N–H and O–H groups in total. The number of amides is 1. The van der Waals surface area contributed by atoms with Gasteiger partial charge in [-0.1, -0.05) is 36.4 Å². The van der Waals surface area contributed by atoms with E-state index in [0.29, 0.717) is 0 Å². The van der Waals surface area contributed by atoms with E-state index in [9.17, 15) is 9.59 Å². The van der Waals surface area contributed by atoms with Gasteiger partial charge in [0.25, 0.3) is 0 Å². The molecule has 0 saturated carbocycles. The van der Waals surface area contributed by atoms with Gasteiger partial charge in [0.1, 0.15) is 18.2 Å². The minimum absolute atomic E-state index is 0.208. The highest BCUT2D eigenvalue weighted by Crippen LogP contribution is 2.35. The Kier molecular flexibility index (Phi) is 6.79. The summed E-state index contributed by atoms with van der Waals surface area (Å²) in [7, 11) is 0. The minimum Gasteiger partial charge on any atom is -0.457 e. The molecule has 0 aromatic heterocycles. The zero-order chi connectivity index (χ0) is 20.1. The lowest BCUT2D eigenvalue weighted by molar-refractivity contribution is -0.343. The molecule has 2 heterocycles. The summed E-state index contributed by atoms with van der Waals surface area (Å²) in [6.45, 7) is 6.74. The van der Waals surface area contributed by atoms with E-state index in [2.05, 4.69) is 11.9 Å². The molecule has 28 heavy (non-hydrogen) atoms. The van der Waals surface area contributed by atoms with Gasteiger partial charge in [-0.05, 0) is 0 Å². The number of ether oxygens (including phenoxy) is 5. The zero-order valence-electron chi connectivity index (χ0n) is 15.9. The van der Waals surface area contributed by atoms with Gasteiger partial charge in [0.15, 0.2) is 18.7 Å². The molecule has 0 spiro atoms. The average Bonchev–Trinajstić information content (AvgIpc) is 2.68. The van der Waals surface area contributed by atoms with E-state index in [1.54, 1.807) is 6.08 Å². The second-order valence-corrected chi connectivity index (χ2v) is 6.64. The van der Waals surface area contributed by atoms with Gasteiger partial charge in [0.05, 0.1) is 13.2 Å². The SMILES string of the molecule is C=CCO[C@H]1O[C@@H]2CO[C@@H](c3ccccc3)O[C@H]2[C@H](OC(C)=O)[C@H]1NC(C)=O. The van der Waals surface area contributed by atoms with Crippen molar-refractivity contribution in [3.63, 3.8) is 0 Å². The van der Waals surface area contributed by atoms with Crippen LogP contribution in [0.3, 0.4) is 0 Å². The number of hydrogen-bond acceptors (Lipinski definition) is 7. The van der Waals surface area contributed by atoms with Crippen LogP contribution in [0.1, 0.15) is 25.7 Å². The summed E-state index contributed by atoms with van der Waals surface area (Å²) in [5, 5.41) is 2.76. The predicted octanol–water partition coefficient (Wildman–Crippen LogP) is 1.46. The van der Waals surface area contributed by atoms with Crippen LogP contribution < -0.4 is 5.32 Å². The maximum absolute atomic E-state index is 11.8. The van der Waals surface area contributed by atoms with Gasteiger partial charge in [-0.2, -0.15) is 0 Å². The molecule has 1 aromatic rings. The zero-order valence-corrected chi connectivity index (χ0v) is 15.9. The van der Waals surface area contributed by atoms with Crippen molar-refractivity contribution in [2.24, 2.45) is 0 Å². The first kappa shape index (κ1) is 20.5. The molecular formula is C20H25NO7. The summed E-state index contributed by atoms with van der Waals surface area (Å²) < 4.78 is 29.1. The number of carbonyl (C=O) groups is 2. The van der Waals surface area contributed by atoms with E-state index < -0.39 is 42.9 Å². The molecule has 6 atom stereocenters. The van der Waals surface area contributed by atoms with Crippen LogP contribution in [0.25, 0.3) is 0 Å². The number of rotatable bonds is 6. The molecule has 8 heteroatoms. The quantitative estimate of drug-likeness (QED) is 0.580. The third-order valence-electron chi connectivity index (χ3n) is 4.46. The highest BCUT2D eigenvalue weighted by molar-refractivity contribution is 5.73. The monoisotopic (exact) mass is 391 g/mol. The highest BCUT2D eigenvalue weighted by Gasteiger charge is 2.52. The van der Waals surface area contributed by atoms with Crippen molar-refractivity contribution in [1.29, 1.82) is 0 Å². The Morgan fingerprint density at radius 3 is 2.64 bits per heavy atom. The second kappa shape index (κ2) is 9.29. The molecule has 2 fully saturated rings. The summed E-state index contributed by atoms with van der Waals surface area (Å²) in [4.78, 5) is 23.5. The normalized spacial score (nSPS) is 32.1. The molecule has 2 aliphatic rings. The van der Waals surface area contributed by atoms with Crippen LogP contribution in [-0.2, 0) is 33.3 Å². The van der Waals surface area contributed by atoms with E-state index in [0.717, 1.165) is 5.56 Å². The summed E-state index contributed by atoms with van der Waals surface area (Å²) in [5.74, 6) is -0.794. The van der Waals surface area contributed by atoms with Crippen LogP contribution in [0.15, 0.2) is 43.0 Å². The van der Waals surface area contributed by atoms with E-state index in [-0.39, 0.29) is 19.1 Å². The van der Waals surface area contributed by atoms with E-state index in [4.69, 9.17) is 23.7 Å². The van der Waals surface area contributed by atoms with Gasteiger partial charge in [-0.3, -0.25) is 9.59 Å². The van der Waals surface area contributed by atoms with Crippen LogP contribution in [0, 0.1) is 0 Å². The highest BCUT2D eigenvalue weighted by atomic mass is 16.8. The van der Waals surface area contributed by atoms with Gasteiger partial charge in [0.2, 0.25) is 5.91 Å². The molecule has 0 unspecified atom stereocenters. The Morgan fingerprint density at radius 2 is 2.00 bits per heavy atom. The molecule has 2 saturated heterocycles. The lowest BCUT2D eigenvalue weighted by Gasteiger charge is -2.48. The Bertz CT molecular complexity index is 695. The fourth-order valence-corrected chi connectivity index (χ4v) is 3.38. The van der Waals surface area contributed by atoms with Gasteiger partial charge < -0.3 is 29.0 Å². The van der Waals surface area contributed by atoms with Crippen molar-refractivity contribution in [2.75, 3.05) is 13.2 Å². The van der Waals surface area contributed by atoms with Crippen molar-refractivity contribution >= 4 is 11.9 Å². The lowest BCUT2D eigenvalue weighted by atomic mass is 9.95. The maximum Gasteiger partial charge on any atom is 0.303 e. The average molecular weight is 391 g/mol. The predicted molar refractivity (Wildman–Crippen MR) is 98.0 cm³/mol. The van der Waals surface area contributed by atoms with Crippen LogP contribution >= 0.6 is 0 Å². The van der Waals surface area contributed by atoms with Crippen molar-refractivity contribution < 1.29 is 33.3 Å². The number of carbonyl (C=O) groups excluding carboxylic acids is 2. The molecule has 8 nitrogen and oxygen atoms in total. The van der Waals surface area contributed by atoms with Crippen LogP contribution in [-0.4, -0.2) is 55.7 Å². The minimum atomic E-state index is -0.840. The van der Waals surface area contributed by atoms with Gasteiger partial charge in [-0.25, -0.2) is 0 Å². The third kappa shape index (κ3) is 4.77. The van der Waals surface area contributed by atoms with Crippen LogP contribution in [0.4, 0.5) is 0 Å². The second-order valence-electron chi connectivity index (χ2n) is 6.64.